The fraction of sp³-hybridized carbons (Fsp3) is 0.800. The van der Waals surface area contributed by atoms with Crippen molar-refractivity contribution in [1.29, 1.82) is 0 Å². The molecule has 0 aromatic carbocycles. The Kier molecular flexibility index (Phi) is 1.75. The average Bonchev–Trinajstić information content (AvgIpc) is 2.77. The molecule has 0 aromatic rings. The first-order valence-electron chi connectivity index (χ1n) is 5.48. The molecule has 2 aliphatic carbocycles. The summed E-state index contributed by atoms with van der Waals surface area (Å²) in [5.41, 5.74) is 0. The average molecular weight is 193 g/mol. The molecular formula is C10H15N3O. The Bertz CT molecular complexity index is 292. The van der Waals surface area contributed by atoms with E-state index in [-0.39, 0.29) is 11.9 Å². The van der Waals surface area contributed by atoms with E-state index in [0.29, 0.717) is 12.0 Å². The summed E-state index contributed by atoms with van der Waals surface area (Å²) in [5, 5.41) is 6.06. The molecule has 3 aliphatic rings. The number of hydrogen-bond acceptors (Lipinski definition) is 3. The molecule has 1 heterocycles. The van der Waals surface area contributed by atoms with Crippen molar-refractivity contribution in [1.82, 2.24) is 10.6 Å². The van der Waals surface area contributed by atoms with E-state index in [1.165, 1.54) is 19.3 Å². The fourth-order valence-corrected chi connectivity index (χ4v) is 1.99. The molecule has 76 valence electrons. The molecule has 3 rings (SSSR count). The number of rotatable bonds is 2. The van der Waals surface area contributed by atoms with E-state index >= 15 is 0 Å². The van der Waals surface area contributed by atoms with Gasteiger partial charge in [0.05, 0.1) is 0 Å². The van der Waals surface area contributed by atoms with Crippen molar-refractivity contribution >= 4 is 11.9 Å². The second-order valence-electron chi connectivity index (χ2n) is 4.52. The zero-order valence-corrected chi connectivity index (χ0v) is 8.12. The van der Waals surface area contributed by atoms with Crippen LogP contribution in [-0.4, -0.2) is 24.0 Å². The number of aliphatic imine (C=N–C) groups is 1. The molecule has 4 nitrogen and oxygen atoms in total. The van der Waals surface area contributed by atoms with Crippen molar-refractivity contribution in [2.24, 2.45) is 10.9 Å². The van der Waals surface area contributed by atoms with Gasteiger partial charge in [0.2, 0.25) is 0 Å². The first-order chi connectivity index (χ1) is 6.83. The van der Waals surface area contributed by atoms with Gasteiger partial charge in [-0.15, -0.1) is 0 Å². The third kappa shape index (κ3) is 1.38. The van der Waals surface area contributed by atoms with Crippen LogP contribution in [0.1, 0.15) is 32.1 Å². The lowest BCUT2D eigenvalue weighted by atomic mass is 9.80. The van der Waals surface area contributed by atoms with Gasteiger partial charge in [-0.05, 0) is 31.6 Å². The molecule has 1 amide bonds. The molecule has 1 atom stereocenters. The number of guanidine groups is 1. The lowest BCUT2D eigenvalue weighted by Gasteiger charge is -2.27. The van der Waals surface area contributed by atoms with Crippen molar-refractivity contribution in [3.63, 3.8) is 0 Å². The van der Waals surface area contributed by atoms with E-state index in [4.69, 9.17) is 0 Å². The van der Waals surface area contributed by atoms with Gasteiger partial charge in [-0.1, -0.05) is 6.42 Å². The predicted octanol–water partition coefficient (Wildman–Crippen LogP) is 0.393. The van der Waals surface area contributed by atoms with Crippen LogP contribution in [0.25, 0.3) is 0 Å². The van der Waals surface area contributed by atoms with Crippen LogP contribution in [0.15, 0.2) is 4.99 Å². The number of carbonyl (C=O) groups excluding carboxylic acids is 1. The van der Waals surface area contributed by atoms with Crippen LogP contribution >= 0.6 is 0 Å². The van der Waals surface area contributed by atoms with Gasteiger partial charge in [-0.2, -0.15) is 0 Å². The maximum atomic E-state index is 11.6. The van der Waals surface area contributed by atoms with E-state index < -0.39 is 0 Å². The normalized spacial score (nSPS) is 32.1. The van der Waals surface area contributed by atoms with Crippen LogP contribution in [0.2, 0.25) is 0 Å². The molecule has 14 heavy (non-hydrogen) atoms. The number of hydrogen-bond donors (Lipinski definition) is 2. The molecule has 2 saturated carbocycles. The third-order valence-electron chi connectivity index (χ3n) is 3.29. The maximum absolute atomic E-state index is 11.6. The van der Waals surface area contributed by atoms with Gasteiger partial charge in [0.15, 0.2) is 5.96 Å². The highest BCUT2D eigenvalue weighted by atomic mass is 16.2. The van der Waals surface area contributed by atoms with Gasteiger partial charge in [0, 0.05) is 6.04 Å². The SMILES string of the molecule is O=C1NC(NC2CC2)=NC1C1CCC1. The summed E-state index contributed by atoms with van der Waals surface area (Å²) in [6.45, 7) is 0. The Balaban J connectivity index is 1.65. The second kappa shape index (κ2) is 2.97. The number of nitrogens with one attached hydrogen (secondary N) is 2. The minimum absolute atomic E-state index is 0.0926. The molecule has 0 saturated heterocycles. The van der Waals surface area contributed by atoms with E-state index in [1.54, 1.807) is 0 Å². The highest BCUT2D eigenvalue weighted by Crippen LogP contribution is 2.32. The highest BCUT2D eigenvalue weighted by molar-refractivity contribution is 6.05. The molecule has 0 bridgehead atoms. The van der Waals surface area contributed by atoms with Crippen LogP contribution in [-0.2, 0) is 4.79 Å². The quantitative estimate of drug-likeness (QED) is 0.666. The lowest BCUT2D eigenvalue weighted by molar-refractivity contribution is -0.121. The standard InChI is InChI=1S/C10H15N3O/c14-9-8(6-2-1-3-6)12-10(13-9)11-7-4-5-7/h6-8H,1-5H2,(H2,11,12,13,14). The molecule has 4 heteroatoms. The second-order valence-corrected chi connectivity index (χ2v) is 4.52. The molecule has 0 radical (unpaired) electrons. The predicted molar refractivity (Wildman–Crippen MR) is 52.9 cm³/mol. The third-order valence-corrected chi connectivity index (χ3v) is 3.29. The van der Waals surface area contributed by atoms with Gasteiger partial charge >= 0.3 is 0 Å². The first-order valence-corrected chi connectivity index (χ1v) is 5.48. The van der Waals surface area contributed by atoms with Crippen LogP contribution in [0.5, 0.6) is 0 Å². The van der Waals surface area contributed by atoms with E-state index in [0.717, 1.165) is 18.8 Å². The zero-order valence-electron chi connectivity index (χ0n) is 8.12. The van der Waals surface area contributed by atoms with Gasteiger partial charge in [0.1, 0.15) is 6.04 Å². The van der Waals surface area contributed by atoms with Crippen LogP contribution in [0.4, 0.5) is 0 Å². The fourth-order valence-electron chi connectivity index (χ4n) is 1.99. The van der Waals surface area contributed by atoms with Crippen LogP contribution in [0, 0.1) is 5.92 Å². The summed E-state index contributed by atoms with van der Waals surface area (Å²) in [7, 11) is 0. The van der Waals surface area contributed by atoms with Crippen molar-refractivity contribution in [3.8, 4) is 0 Å². The summed E-state index contributed by atoms with van der Waals surface area (Å²) in [4.78, 5) is 16.0. The van der Waals surface area contributed by atoms with E-state index in [1.807, 2.05) is 0 Å². The van der Waals surface area contributed by atoms with Crippen LogP contribution < -0.4 is 10.6 Å². The highest BCUT2D eigenvalue weighted by Gasteiger charge is 2.37. The molecule has 0 spiro atoms. The van der Waals surface area contributed by atoms with Crippen molar-refractivity contribution in [2.75, 3.05) is 0 Å². The Morgan fingerprint density at radius 3 is 2.64 bits per heavy atom. The van der Waals surface area contributed by atoms with Crippen molar-refractivity contribution < 1.29 is 4.79 Å². The lowest BCUT2D eigenvalue weighted by Crippen LogP contribution is -2.40. The molecule has 2 N–H and O–H groups in total. The summed E-state index contributed by atoms with van der Waals surface area (Å²) in [6, 6.07) is 0.471. The smallest absolute Gasteiger partial charge is 0.251 e. The molecule has 2 fully saturated rings. The Morgan fingerprint density at radius 2 is 2.07 bits per heavy atom. The summed E-state index contributed by atoms with van der Waals surface area (Å²) >= 11 is 0. The van der Waals surface area contributed by atoms with Crippen LogP contribution in [0.3, 0.4) is 0 Å². The molecule has 1 unspecified atom stereocenters. The van der Waals surface area contributed by atoms with Gasteiger partial charge in [0.25, 0.3) is 5.91 Å². The summed E-state index contributed by atoms with van der Waals surface area (Å²) in [6.07, 6.45) is 6.01. The monoisotopic (exact) mass is 193 g/mol. The van der Waals surface area contributed by atoms with Gasteiger partial charge < -0.3 is 5.32 Å². The van der Waals surface area contributed by atoms with Gasteiger partial charge in [-0.25, -0.2) is 4.99 Å². The largest absolute Gasteiger partial charge is 0.353 e. The number of nitrogens with zero attached hydrogens (tertiary/aromatic N) is 1. The molecular weight excluding hydrogens is 178 g/mol. The Hall–Kier alpha value is -1.06. The maximum Gasteiger partial charge on any atom is 0.251 e. The van der Waals surface area contributed by atoms with Gasteiger partial charge in [-0.3, -0.25) is 10.1 Å². The van der Waals surface area contributed by atoms with Crippen molar-refractivity contribution in [3.05, 3.63) is 0 Å². The first kappa shape index (κ1) is 8.26. The zero-order chi connectivity index (χ0) is 9.54. The topological polar surface area (TPSA) is 53.5 Å². The number of carbonyl (C=O) groups is 1. The Labute approximate surface area is 83.2 Å². The molecule has 0 aromatic heterocycles. The minimum atomic E-state index is -0.0926. The summed E-state index contributed by atoms with van der Waals surface area (Å²) in [5.74, 6) is 1.32. The Morgan fingerprint density at radius 1 is 1.29 bits per heavy atom. The van der Waals surface area contributed by atoms with E-state index in [9.17, 15) is 4.79 Å². The van der Waals surface area contributed by atoms with E-state index in [2.05, 4.69) is 15.6 Å². The minimum Gasteiger partial charge on any atom is -0.353 e. The number of amides is 1. The summed E-state index contributed by atoms with van der Waals surface area (Å²) < 4.78 is 0. The van der Waals surface area contributed by atoms with Crippen molar-refractivity contribution in [2.45, 2.75) is 44.2 Å². The molecule has 1 aliphatic heterocycles.